The topological polar surface area (TPSA) is 131 Å². The van der Waals surface area contributed by atoms with Crippen molar-refractivity contribution in [1.82, 2.24) is 19.9 Å². The molecule has 0 spiro atoms. The number of oxazole rings is 1. The number of carbonyl (C=O) groups is 2. The van der Waals surface area contributed by atoms with Crippen molar-refractivity contribution < 1.29 is 27.2 Å². The summed E-state index contributed by atoms with van der Waals surface area (Å²) in [6.45, 7) is 2.06. The van der Waals surface area contributed by atoms with Gasteiger partial charge in [-0.05, 0) is 61.4 Å². The molecule has 1 aromatic carbocycles. The number of nitrogens with zero attached hydrogens (tertiary/aromatic N) is 2. The fourth-order valence-corrected chi connectivity index (χ4v) is 6.53. The van der Waals surface area contributed by atoms with Gasteiger partial charge in [0.05, 0.1) is 19.4 Å². The molecule has 41 heavy (non-hydrogen) atoms. The highest BCUT2D eigenvalue weighted by Crippen LogP contribution is 2.34. The van der Waals surface area contributed by atoms with E-state index in [1.54, 1.807) is 7.11 Å². The van der Waals surface area contributed by atoms with Crippen LogP contribution in [-0.2, 0) is 27.8 Å². The van der Waals surface area contributed by atoms with Crippen LogP contribution in [0.3, 0.4) is 0 Å². The highest BCUT2D eigenvalue weighted by atomic mass is 32.2. The maximum Gasteiger partial charge on any atom is 0.273 e. The van der Waals surface area contributed by atoms with E-state index in [9.17, 15) is 18.0 Å². The minimum absolute atomic E-state index is 0.0502. The lowest BCUT2D eigenvalue weighted by atomic mass is 9.86. The Hall–Kier alpha value is -2.92. The van der Waals surface area contributed by atoms with E-state index in [1.807, 2.05) is 22.9 Å². The van der Waals surface area contributed by atoms with Gasteiger partial charge in [0.15, 0.2) is 5.69 Å². The summed E-state index contributed by atoms with van der Waals surface area (Å²) in [5.74, 6) is 1.35. The van der Waals surface area contributed by atoms with Gasteiger partial charge in [0.1, 0.15) is 12.0 Å². The normalized spacial score (nSPS) is 18.3. The highest BCUT2D eigenvalue weighted by Gasteiger charge is 2.31. The minimum Gasteiger partial charge on any atom is -0.497 e. The molecular formula is C30H44N4O6S. The molecule has 1 aliphatic carbocycles. The van der Waals surface area contributed by atoms with Gasteiger partial charge in [-0.25, -0.2) is 13.4 Å². The van der Waals surface area contributed by atoms with Crippen molar-refractivity contribution in [2.45, 2.75) is 89.6 Å². The number of carbonyl (C=O) groups excluding carboxylic acids is 2. The second kappa shape index (κ2) is 14.8. The number of ether oxygens (including phenoxy) is 1. The zero-order chi connectivity index (χ0) is 29.2. The Morgan fingerprint density at radius 3 is 2.66 bits per heavy atom. The summed E-state index contributed by atoms with van der Waals surface area (Å²) in [5, 5.41) is 2.99. The van der Waals surface area contributed by atoms with Crippen molar-refractivity contribution in [3.05, 3.63) is 47.2 Å². The fourth-order valence-electron chi connectivity index (χ4n) is 6.01. The van der Waals surface area contributed by atoms with Gasteiger partial charge >= 0.3 is 0 Å². The second-order valence-corrected chi connectivity index (χ2v) is 13.1. The Bertz CT molecular complexity index is 1270. The zero-order valence-electron chi connectivity index (χ0n) is 24.3. The first-order chi connectivity index (χ1) is 19.7. The quantitative estimate of drug-likeness (QED) is 0.308. The number of benzene rings is 1. The number of nitrogens with one attached hydrogen (secondary N) is 2. The van der Waals surface area contributed by atoms with Gasteiger partial charge in [-0.3, -0.25) is 19.2 Å². The van der Waals surface area contributed by atoms with E-state index in [2.05, 4.69) is 15.2 Å². The second-order valence-electron chi connectivity index (χ2n) is 11.4. The zero-order valence-corrected chi connectivity index (χ0v) is 25.1. The summed E-state index contributed by atoms with van der Waals surface area (Å²) in [7, 11) is -1.99. The largest absolute Gasteiger partial charge is 0.497 e. The van der Waals surface area contributed by atoms with Crippen molar-refractivity contribution in [2.75, 3.05) is 26.5 Å². The van der Waals surface area contributed by atoms with Crippen molar-refractivity contribution in [2.24, 2.45) is 5.92 Å². The van der Waals surface area contributed by atoms with Crippen LogP contribution >= 0.6 is 0 Å². The third kappa shape index (κ3) is 9.56. The van der Waals surface area contributed by atoms with Gasteiger partial charge in [-0.1, -0.05) is 51.0 Å². The number of amides is 2. The van der Waals surface area contributed by atoms with Crippen LogP contribution < -0.4 is 14.8 Å². The molecular weight excluding hydrogens is 544 g/mol. The number of unbranched alkanes of at least 4 members (excludes halogenated alkanes) is 1. The molecule has 4 rings (SSSR count). The van der Waals surface area contributed by atoms with Gasteiger partial charge in [0.2, 0.25) is 21.8 Å². The molecule has 1 aliphatic heterocycles. The summed E-state index contributed by atoms with van der Waals surface area (Å²) < 4.78 is 36.0. The van der Waals surface area contributed by atoms with Gasteiger partial charge in [-0.15, -0.1) is 0 Å². The van der Waals surface area contributed by atoms with Crippen LogP contribution in [0.5, 0.6) is 5.75 Å². The van der Waals surface area contributed by atoms with E-state index in [-0.39, 0.29) is 18.4 Å². The molecule has 1 saturated carbocycles. The standard InChI is InChI=1S/C30H44N4O6S/c1-39-25-15-13-23(14-16-28(35)33-41(2,37)38)24(19-25)20-34-18-8-12-27(34)30-32-26(21-40-30)29(36)31-17-7-6-11-22-9-4-3-5-10-22/h13,15,19,21-22,27H,3-12,14,16-18,20H2,1-2H3,(H,31,36)(H,33,35). The number of sulfonamides is 1. The first-order valence-electron chi connectivity index (χ1n) is 14.9. The number of rotatable bonds is 14. The number of aryl methyl sites for hydroxylation is 1. The van der Waals surface area contributed by atoms with Crippen LogP contribution in [0.15, 0.2) is 28.9 Å². The summed E-state index contributed by atoms with van der Waals surface area (Å²) in [4.78, 5) is 31.6. The number of aromatic nitrogens is 1. The molecule has 2 aromatic rings. The summed E-state index contributed by atoms with van der Waals surface area (Å²) in [5.41, 5.74) is 2.23. The first-order valence-corrected chi connectivity index (χ1v) is 16.7. The highest BCUT2D eigenvalue weighted by molar-refractivity contribution is 7.89. The van der Waals surface area contributed by atoms with E-state index < -0.39 is 15.9 Å². The van der Waals surface area contributed by atoms with E-state index in [0.29, 0.717) is 36.8 Å². The number of likely N-dealkylation sites (tertiary alicyclic amines) is 1. The molecule has 0 bridgehead atoms. The van der Waals surface area contributed by atoms with Crippen molar-refractivity contribution in [1.29, 1.82) is 0 Å². The summed E-state index contributed by atoms with van der Waals surface area (Å²) >= 11 is 0. The smallest absolute Gasteiger partial charge is 0.273 e. The first kappa shape index (κ1) is 31.0. The molecule has 1 atom stereocenters. The molecule has 2 aliphatic rings. The molecule has 2 amide bonds. The monoisotopic (exact) mass is 588 g/mol. The Balaban J connectivity index is 1.32. The van der Waals surface area contributed by atoms with Crippen LogP contribution in [0.25, 0.3) is 0 Å². The predicted octanol–water partition coefficient (Wildman–Crippen LogP) is 4.51. The van der Waals surface area contributed by atoms with Crippen molar-refractivity contribution >= 4 is 21.8 Å². The lowest BCUT2D eigenvalue weighted by Crippen LogP contribution is -2.29. The van der Waals surface area contributed by atoms with Gasteiger partial charge in [0, 0.05) is 19.5 Å². The molecule has 10 nitrogen and oxygen atoms in total. The third-order valence-electron chi connectivity index (χ3n) is 8.16. The molecule has 2 heterocycles. The van der Waals surface area contributed by atoms with Crippen LogP contribution in [0, 0.1) is 5.92 Å². The molecule has 2 N–H and O–H groups in total. The average Bonchev–Trinajstić information content (AvgIpc) is 3.61. The van der Waals surface area contributed by atoms with E-state index in [4.69, 9.17) is 9.15 Å². The molecule has 1 aromatic heterocycles. The molecule has 11 heteroatoms. The van der Waals surface area contributed by atoms with Crippen molar-refractivity contribution in [3.8, 4) is 5.75 Å². The maximum atomic E-state index is 12.7. The van der Waals surface area contributed by atoms with Crippen LogP contribution in [-0.4, -0.2) is 56.6 Å². The number of methoxy groups -OCH3 is 1. The minimum atomic E-state index is -3.60. The molecule has 226 valence electrons. The fraction of sp³-hybridized carbons (Fsp3) is 0.633. The van der Waals surface area contributed by atoms with Crippen LogP contribution in [0.2, 0.25) is 0 Å². The third-order valence-corrected chi connectivity index (χ3v) is 8.76. The van der Waals surface area contributed by atoms with E-state index in [1.165, 1.54) is 44.8 Å². The number of hydrogen-bond acceptors (Lipinski definition) is 8. The Labute approximate surface area is 243 Å². The maximum absolute atomic E-state index is 12.7. The average molecular weight is 589 g/mol. The Kier molecular flexibility index (Phi) is 11.2. The molecule has 0 radical (unpaired) electrons. The molecule has 2 fully saturated rings. The molecule has 1 saturated heterocycles. The number of hydrogen-bond donors (Lipinski definition) is 2. The van der Waals surface area contributed by atoms with E-state index in [0.717, 1.165) is 55.5 Å². The van der Waals surface area contributed by atoms with E-state index >= 15 is 0 Å². The lowest BCUT2D eigenvalue weighted by molar-refractivity contribution is -0.119. The lowest BCUT2D eigenvalue weighted by Gasteiger charge is -2.23. The SMILES string of the molecule is COc1ccc(CCC(=O)NS(C)(=O)=O)c(CN2CCCC2c2nc(C(=O)NCCCCC3CCCCC3)co2)c1. The van der Waals surface area contributed by atoms with Crippen LogP contribution in [0.1, 0.15) is 104 Å². The van der Waals surface area contributed by atoms with Gasteiger partial charge in [0.25, 0.3) is 5.91 Å². The van der Waals surface area contributed by atoms with Gasteiger partial charge < -0.3 is 14.5 Å². The summed E-state index contributed by atoms with van der Waals surface area (Å²) in [6, 6.07) is 5.63. The Morgan fingerprint density at radius 1 is 1.10 bits per heavy atom. The molecule has 1 unspecified atom stereocenters. The van der Waals surface area contributed by atoms with Crippen LogP contribution in [0.4, 0.5) is 0 Å². The van der Waals surface area contributed by atoms with Gasteiger partial charge in [-0.2, -0.15) is 0 Å². The predicted molar refractivity (Wildman–Crippen MR) is 156 cm³/mol. The van der Waals surface area contributed by atoms with Crippen molar-refractivity contribution in [3.63, 3.8) is 0 Å². The summed E-state index contributed by atoms with van der Waals surface area (Å²) in [6.07, 6.45) is 14.9. The Morgan fingerprint density at radius 2 is 1.90 bits per heavy atom.